The highest BCUT2D eigenvalue weighted by atomic mass is 32.1. The molecule has 0 rings (SSSR count). The molecular weight excluding hydrogens is 141 g/mol. The third-order valence-electron chi connectivity index (χ3n) is 0.386. The Morgan fingerprint density at radius 1 is 1.50 bits per heavy atom. The molecule has 0 unspecified atom stereocenters. The zero-order chi connectivity index (χ0) is 6.78. The summed E-state index contributed by atoms with van der Waals surface area (Å²) in [5.41, 5.74) is 0. The van der Waals surface area contributed by atoms with Gasteiger partial charge in [-0.1, -0.05) is 12.2 Å². The Kier molecular flexibility index (Phi) is 2.09. The SMILES string of the molecule is O=C(C=S)C(F)(F)F. The standard InChI is InChI=1S/C3HF3OS/c4-3(5,6)2(7)1-8/h1H. The minimum absolute atomic E-state index is 0.0694. The summed E-state index contributed by atoms with van der Waals surface area (Å²) in [5, 5.41) is 0.0694. The van der Waals surface area contributed by atoms with Gasteiger partial charge in [0.25, 0.3) is 5.78 Å². The van der Waals surface area contributed by atoms with Gasteiger partial charge in [0.05, 0.1) is 5.37 Å². The number of alkyl halides is 3. The second-order valence-corrected chi connectivity index (χ2v) is 1.22. The van der Waals surface area contributed by atoms with Gasteiger partial charge in [0.2, 0.25) is 0 Å². The quantitative estimate of drug-likeness (QED) is 0.510. The Hall–Kier alpha value is -0.450. The highest BCUT2D eigenvalue weighted by Gasteiger charge is 2.36. The van der Waals surface area contributed by atoms with Gasteiger partial charge in [-0.2, -0.15) is 13.2 Å². The smallest absolute Gasteiger partial charge is 0.284 e. The molecule has 0 bridgehead atoms. The van der Waals surface area contributed by atoms with Gasteiger partial charge in [-0.25, -0.2) is 0 Å². The van der Waals surface area contributed by atoms with E-state index < -0.39 is 12.0 Å². The van der Waals surface area contributed by atoms with Crippen molar-refractivity contribution in [1.82, 2.24) is 0 Å². The van der Waals surface area contributed by atoms with Crippen LogP contribution in [0.3, 0.4) is 0 Å². The van der Waals surface area contributed by atoms with Crippen LogP contribution in [0, 0.1) is 0 Å². The maximum absolute atomic E-state index is 11.0. The van der Waals surface area contributed by atoms with E-state index in [0.29, 0.717) is 0 Å². The van der Waals surface area contributed by atoms with E-state index in [2.05, 4.69) is 12.2 Å². The van der Waals surface area contributed by atoms with Crippen LogP contribution in [-0.2, 0) is 4.79 Å². The first-order chi connectivity index (χ1) is 3.48. The van der Waals surface area contributed by atoms with Gasteiger partial charge < -0.3 is 0 Å². The molecule has 0 aromatic rings. The van der Waals surface area contributed by atoms with Crippen LogP contribution >= 0.6 is 12.2 Å². The molecule has 0 amide bonds. The first kappa shape index (κ1) is 7.55. The maximum Gasteiger partial charge on any atom is 0.455 e. The van der Waals surface area contributed by atoms with Gasteiger partial charge >= 0.3 is 6.18 Å². The largest absolute Gasteiger partial charge is 0.455 e. The summed E-state index contributed by atoms with van der Waals surface area (Å²) in [7, 11) is 0. The zero-order valence-electron chi connectivity index (χ0n) is 3.53. The van der Waals surface area contributed by atoms with E-state index in [-0.39, 0.29) is 5.37 Å². The number of hydrogen-bond donors (Lipinski definition) is 0. The molecule has 46 valence electrons. The van der Waals surface area contributed by atoms with Crippen molar-refractivity contribution < 1.29 is 18.0 Å². The third-order valence-corrected chi connectivity index (χ3v) is 0.601. The van der Waals surface area contributed by atoms with Crippen LogP contribution in [0.4, 0.5) is 13.2 Å². The fourth-order valence-corrected chi connectivity index (χ4v) is 0.200. The number of hydrogen-bond acceptors (Lipinski definition) is 2. The Morgan fingerprint density at radius 3 is 1.88 bits per heavy atom. The van der Waals surface area contributed by atoms with Gasteiger partial charge in [-0.3, -0.25) is 4.79 Å². The Balaban J connectivity index is 4.02. The van der Waals surface area contributed by atoms with E-state index in [0.717, 1.165) is 0 Å². The van der Waals surface area contributed by atoms with E-state index in [1.165, 1.54) is 0 Å². The number of ketones is 1. The lowest BCUT2D eigenvalue weighted by Gasteiger charge is -1.96. The molecule has 0 radical (unpaired) electrons. The molecule has 0 atom stereocenters. The second kappa shape index (κ2) is 2.21. The molecule has 0 aromatic heterocycles. The van der Waals surface area contributed by atoms with Gasteiger partial charge in [-0.15, -0.1) is 0 Å². The van der Waals surface area contributed by atoms with Crippen LogP contribution in [0.25, 0.3) is 0 Å². The minimum atomic E-state index is -4.79. The van der Waals surface area contributed by atoms with Crippen LogP contribution in [0.1, 0.15) is 0 Å². The molecule has 0 aliphatic rings. The van der Waals surface area contributed by atoms with Crippen molar-refractivity contribution in [2.24, 2.45) is 0 Å². The highest BCUT2D eigenvalue weighted by molar-refractivity contribution is 7.80. The van der Waals surface area contributed by atoms with Crippen LogP contribution in [-0.4, -0.2) is 17.3 Å². The van der Waals surface area contributed by atoms with Crippen molar-refractivity contribution in [3.63, 3.8) is 0 Å². The Bertz CT molecular complexity index is 116. The second-order valence-electron chi connectivity index (χ2n) is 0.980. The highest BCUT2D eigenvalue weighted by Crippen LogP contribution is 2.14. The lowest BCUT2D eigenvalue weighted by molar-refractivity contribution is -0.162. The Morgan fingerprint density at radius 2 is 1.88 bits per heavy atom. The summed E-state index contributed by atoms with van der Waals surface area (Å²) in [6, 6.07) is 0. The van der Waals surface area contributed by atoms with E-state index in [9.17, 15) is 18.0 Å². The number of carbonyl (C=O) groups is 1. The molecule has 0 fully saturated rings. The summed E-state index contributed by atoms with van der Waals surface area (Å²) in [4.78, 5) is 9.55. The van der Waals surface area contributed by atoms with Crippen molar-refractivity contribution in [2.75, 3.05) is 0 Å². The maximum atomic E-state index is 11.0. The molecular formula is C3HF3OS. The summed E-state index contributed by atoms with van der Waals surface area (Å²) in [6.45, 7) is 0. The fourth-order valence-electron chi connectivity index (χ4n) is 0.0668. The normalized spacial score (nSPS) is 10.9. The van der Waals surface area contributed by atoms with Crippen LogP contribution in [0.2, 0.25) is 0 Å². The molecule has 0 saturated carbocycles. The molecule has 1 nitrogen and oxygen atoms in total. The van der Waals surface area contributed by atoms with Crippen molar-refractivity contribution in [1.29, 1.82) is 0 Å². The van der Waals surface area contributed by atoms with E-state index in [4.69, 9.17) is 0 Å². The minimum Gasteiger partial charge on any atom is -0.284 e. The van der Waals surface area contributed by atoms with Crippen LogP contribution in [0.5, 0.6) is 0 Å². The predicted molar refractivity (Wildman–Crippen MR) is 24.7 cm³/mol. The van der Waals surface area contributed by atoms with Crippen LogP contribution in [0.15, 0.2) is 0 Å². The predicted octanol–water partition coefficient (Wildman–Crippen LogP) is 1.12. The van der Waals surface area contributed by atoms with Crippen molar-refractivity contribution >= 4 is 23.4 Å². The molecule has 0 heterocycles. The average Bonchev–Trinajstić information content (AvgIpc) is 1.62. The summed E-state index contributed by atoms with van der Waals surface area (Å²) in [5.74, 6) is -1.98. The third kappa shape index (κ3) is 2.02. The molecule has 8 heavy (non-hydrogen) atoms. The van der Waals surface area contributed by atoms with Crippen molar-refractivity contribution in [3.05, 3.63) is 0 Å². The van der Waals surface area contributed by atoms with E-state index in [1.54, 1.807) is 0 Å². The molecule has 0 saturated heterocycles. The topological polar surface area (TPSA) is 17.1 Å². The number of Topliss-reactive ketones (excluding diaryl/α,β-unsaturated/α-hetero) is 1. The monoisotopic (exact) mass is 142 g/mol. The summed E-state index contributed by atoms with van der Waals surface area (Å²) >= 11 is 3.73. The Labute approximate surface area is 48.5 Å². The van der Waals surface area contributed by atoms with Gasteiger partial charge in [0.1, 0.15) is 0 Å². The van der Waals surface area contributed by atoms with Crippen molar-refractivity contribution in [3.8, 4) is 0 Å². The first-order valence-corrected chi connectivity index (χ1v) is 2.02. The fraction of sp³-hybridized carbons (Fsp3) is 0.333. The average molecular weight is 142 g/mol. The number of carbonyl (C=O) groups excluding carboxylic acids is 1. The summed E-state index contributed by atoms with van der Waals surface area (Å²) in [6.07, 6.45) is -4.79. The zero-order valence-corrected chi connectivity index (χ0v) is 4.34. The molecule has 0 aliphatic heterocycles. The molecule has 0 N–H and O–H groups in total. The summed E-state index contributed by atoms with van der Waals surface area (Å²) < 4.78 is 33.0. The van der Waals surface area contributed by atoms with Crippen molar-refractivity contribution in [2.45, 2.75) is 6.18 Å². The number of thiocarbonyl (C=S) groups is 1. The number of rotatable bonds is 1. The molecule has 5 heteroatoms. The van der Waals surface area contributed by atoms with E-state index >= 15 is 0 Å². The van der Waals surface area contributed by atoms with Crippen LogP contribution < -0.4 is 0 Å². The van der Waals surface area contributed by atoms with Gasteiger partial charge in [0.15, 0.2) is 0 Å². The molecule has 0 spiro atoms. The lowest BCUT2D eigenvalue weighted by atomic mass is 10.4. The van der Waals surface area contributed by atoms with Gasteiger partial charge in [0, 0.05) is 0 Å². The number of halogens is 3. The van der Waals surface area contributed by atoms with Gasteiger partial charge in [-0.05, 0) is 0 Å². The first-order valence-electron chi connectivity index (χ1n) is 1.55. The lowest BCUT2D eigenvalue weighted by Crippen LogP contribution is -2.22. The molecule has 0 aliphatic carbocycles. The molecule has 0 aromatic carbocycles. The van der Waals surface area contributed by atoms with E-state index in [1.807, 2.05) is 0 Å².